The Labute approximate surface area is 84.6 Å². The summed E-state index contributed by atoms with van der Waals surface area (Å²) in [5.41, 5.74) is 10.4. The van der Waals surface area contributed by atoms with Crippen molar-refractivity contribution < 1.29 is 9.72 Å². The van der Waals surface area contributed by atoms with Gasteiger partial charge in [0, 0.05) is 17.7 Å². The molecule has 7 heteroatoms. The fourth-order valence-corrected chi connectivity index (χ4v) is 0.886. The van der Waals surface area contributed by atoms with Crippen LogP contribution in [0.3, 0.4) is 0 Å². The van der Waals surface area contributed by atoms with Gasteiger partial charge in [-0.2, -0.15) is 0 Å². The monoisotopic (exact) mass is 208 g/mol. The molecule has 0 atom stereocenters. The van der Waals surface area contributed by atoms with Crippen LogP contribution in [0.4, 0.5) is 11.5 Å². The van der Waals surface area contributed by atoms with Crippen LogP contribution in [0.5, 0.6) is 0 Å². The van der Waals surface area contributed by atoms with Crippen molar-refractivity contribution in [3.63, 3.8) is 0 Å². The van der Waals surface area contributed by atoms with Crippen molar-refractivity contribution in [3.05, 3.63) is 34.0 Å². The smallest absolute Gasteiger partial charge is 0.288 e. The molecule has 78 valence electrons. The second-order valence-corrected chi connectivity index (χ2v) is 2.66. The van der Waals surface area contributed by atoms with E-state index in [0.717, 1.165) is 12.3 Å². The highest BCUT2D eigenvalue weighted by atomic mass is 16.6. The Morgan fingerprint density at radius 2 is 2.27 bits per heavy atom. The maximum absolute atomic E-state index is 10.4. The Bertz CT molecular complexity index is 442. The first-order chi connectivity index (χ1) is 7.00. The van der Waals surface area contributed by atoms with E-state index in [-0.39, 0.29) is 17.1 Å². The summed E-state index contributed by atoms with van der Waals surface area (Å²) in [6.45, 7) is 0. The number of pyridine rings is 1. The van der Waals surface area contributed by atoms with E-state index in [1.807, 2.05) is 0 Å². The lowest BCUT2D eigenvalue weighted by atomic mass is 10.2. The molecule has 0 aliphatic rings. The van der Waals surface area contributed by atoms with Crippen LogP contribution >= 0.6 is 0 Å². The van der Waals surface area contributed by atoms with E-state index < -0.39 is 10.8 Å². The topological polar surface area (TPSA) is 125 Å². The Balaban J connectivity index is 3.11. The molecule has 15 heavy (non-hydrogen) atoms. The predicted molar refractivity (Wildman–Crippen MR) is 53.5 cm³/mol. The van der Waals surface area contributed by atoms with Gasteiger partial charge in [0.15, 0.2) is 0 Å². The number of carbonyl (C=O) groups is 1. The van der Waals surface area contributed by atoms with Crippen LogP contribution in [0.2, 0.25) is 0 Å². The van der Waals surface area contributed by atoms with Gasteiger partial charge in [0.1, 0.15) is 12.0 Å². The molecule has 0 saturated carbocycles. The molecule has 0 spiro atoms. The molecule has 0 aliphatic heterocycles. The van der Waals surface area contributed by atoms with Crippen molar-refractivity contribution in [2.75, 3.05) is 5.73 Å². The molecule has 0 unspecified atom stereocenters. The van der Waals surface area contributed by atoms with Crippen LogP contribution in [0.15, 0.2) is 18.3 Å². The first-order valence-electron chi connectivity index (χ1n) is 3.88. The molecule has 1 rings (SSSR count). The molecule has 1 amide bonds. The number of hydrogen-bond donors (Lipinski definition) is 2. The average Bonchev–Trinajstić information content (AvgIpc) is 2.16. The van der Waals surface area contributed by atoms with Gasteiger partial charge in [-0.3, -0.25) is 14.9 Å². The molecule has 1 aromatic heterocycles. The zero-order valence-electron chi connectivity index (χ0n) is 7.58. The molecule has 0 bridgehead atoms. The minimum atomic E-state index is -0.666. The van der Waals surface area contributed by atoms with Gasteiger partial charge in [0.05, 0.1) is 4.92 Å². The van der Waals surface area contributed by atoms with E-state index in [2.05, 4.69) is 4.98 Å². The summed E-state index contributed by atoms with van der Waals surface area (Å²) < 4.78 is 0. The lowest BCUT2D eigenvalue weighted by Gasteiger charge is -1.98. The number of primary amides is 1. The summed E-state index contributed by atoms with van der Waals surface area (Å²) in [6, 6.07) is 1.21. The van der Waals surface area contributed by atoms with Crippen LogP contribution in [-0.4, -0.2) is 15.8 Å². The summed E-state index contributed by atoms with van der Waals surface area (Å²) in [4.78, 5) is 23.9. The van der Waals surface area contributed by atoms with Gasteiger partial charge < -0.3 is 11.5 Å². The fraction of sp³-hybridized carbons (Fsp3) is 0. The van der Waals surface area contributed by atoms with Crippen molar-refractivity contribution in [2.45, 2.75) is 0 Å². The third-order valence-electron chi connectivity index (χ3n) is 1.57. The molecule has 1 heterocycles. The zero-order chi connectivity index (χ0) is 11.4. The quantitative estimate of drug-likeness (QED) is 0.413. The molecule has 0 saturated heterocycles. The van der Waals surface area contributed by atoms with E-state index in [1.165, 1.54) is 12.1 Å². The molecule has 0 radical (unpaired) electrons. The van der Waals surface area contributed by atoms with Gasteiger partial charge in [-0.15, -0.1) is 0 Å². The highest BCUT2D eigenvalue weighted by Crippen LogP contribution is 2.17. The second-order valence-electron chi connectivity index (χ2n) is 2.66. The van der Waals surface area contributed by atoms with Crippen LogP contribution in [0.1, 0.15) is 5.56 Å². The number of aromatic nitrogens is 1. The summed E-state index contributed by atoms with van der Waals surface area (Å²) >= 11 is 0. The Kier molecular flexibility index (Phi) is 2.97. The number of anilines is 1. The van der Waals surface area contributed by atoms with Crippen molar-refractivity contribution in [2.24, 2.45) is 5.73 Å². The van der Waals surface area contributed by atoms with Crippen molar-refractivity contribution >= 4 is 23.5 Å². The average molecular weight is 208 g/mol. The maximum atomic E-state index is 10.4. The molecule has 4 N–H and O–H groups in total. The first kappa shape index (κ1) is 10.6. The molecular formula is C8H8N4O3. The SMILES string of the molecule is NC(=O)C=Cc1cc([N+](=O)[O-])cnc1N. The summed E-state index contributed by atoms with van der Waals surface area (Å²) in [7, 11) is 0. The van der Waals surface area contributed by atoms with Crippen molar-refractivity contribution in [1.82, 2.24) is 4.98 Å². The number of hydrogen-bond acceptors (Lipinski definition) is 5. The van der Waals surface area contributed by atoms with Gasteiger partial charge in [0.25, 0.3) is 5.69 Å². The number of nitrogen functional groups attached to an aromatic ring is 1. The third kappa shape index (κ3) is 2.76. The van der Waals surface area contributed by atoms with Gasteiger partial charge >= 0.3 is 0 Å². The Morgan fingerprint density at radius 3 is 2.80 bits per heavy atom. The number of nitro groups is 1. The molecule has 0 fully saturated rings. The third-order valence-corrected chi connectivity index (χ3v) is 1.57. The van der Waals surface area contributed by atoms with E-state index in [4.69, 9.17) is 11.5 Å². The highest BCUT2D eigenvalue weighted by molar-refractivity contribution is 5.91. The molecule has 1 aromatic rings. The van der Waals surface area contributed by atoms with E-state index >= 15 is 0 Å². The number of amides is 1. The predicted octanol–water partition coefficient (Wildman–Crippen LogP) is 0.0705. The van der Waals surface area contributed by atoms with Gasteiger partial charge in [-0.05, 0) is 6.08 Å². The van der Waals surface area contributed by atoms with Crippen LogP contribution < -0.4 is 11.5 Å². The van der Waals surface area contributed by atoms with Crippen molar-refractivity contribution in [1.29, 1.82) is 0 Å². The van der Waals surface area contributed by atoms with Gasteiger partial charge in [-0.1, -0.05) is 0 Å². The highest BCUT2D eigenvalue weighted by Gasteiger charge is 2.08. The first-order valence-corrected chi connectivity index (χ1v) is 3.88. The van der Waals surface area contributed by atoms with E-state index in [1.54, 1.807) is 0 Å². The van der Waals surface area contributed by atoms with Crippen LogP contribution in [-0.2, 0) is 4.79 Å². The number of carbonyl (C=O) groups excluding carboxylic acids is 1. The largest absolute Gasteiger partial charge is 0.383 e. The second kappa shape index (κ2) is 4.18. The minimum absolute atomic E-state index is 0.0955. The van der Waals surface area contributed by atoms with Gasteiger partial charge in [-0.25, -0.2) is 4.98 Å². The lowest BCUT2D eigenvalue weighted by molar-refractivity contribution is -0.385. The molecule has 0 aliphatic carbocycles. The number of rotatable bonds is 3. The zero-order valence-corrected chi connectivity index (χ0v) is 7.58. The van der Waals surface area contributed by atoms with E-state index in [0.29, 0.717) is 0 Å². The normalized spacial score (nSPS) is 10.4. The van der Waals surface area contributed by atoms with Gasteiger partial charge in [0.2, 0.25) is 5.91 Å². The fourth-order valence-electron chi connectivity index (χ4n) is 0.886. The number of nitrogens with two attached hydrogens (primary N) is 2. The molecule has 7 nitrogen and oxygen atoms in total. The Hall–Kier alpha value is -2.44. The standard InChI is InChI=1S/C8H8N4O3/c9-7(13)2-1-5-3-6(12(14)15)4-11-8(5)10/h1-4H,(H2,9,13)(H2,10,11). The minimum Gasteiger partial charge on any atom is -0.383 e. The van der Waals surface area contributed by atoms with Crippen molar-refractivity contribution in [3.8, 4) is 0 Å². The Morgan fingerprint density at radius 1 is 1.60 bits per heavy atom. The lowest BCUT2D eigenvalue weighted by Crippen LogP contribution is -2.05. The molecular weight excluding hydrogens is 200 g/mol. The maximum Gasteiger partial charge on any atom is 0.288 e. The van der Waals surface area contributed by atoms with Crippen LogP contribution in [0, 0.1) is 10.1 Å². The summed E-state index contributed by atoms with van der Waals surface area (Å²) in [5.74, 6) is -0.570. The van der Waals surface area contributed by atoms with Crippen LogP contribution in [0.25, 0.3) is 6.08 Å². The van der Waals surface area contributed by atoms with E-state index in [9.17, 15) is 14.9 Å². The molecule has 0 aromatic carbocycles. The summed E-state index contributed by atoms with van der Waals surface area (Å²) in [6.07, 6.45) is 3.37. The summed E-state index contributed by atoms with van der Waals surface area (Å²) in [5, 5.41) is 10.4. The number of nitrogens with zero attached hydrogens (tertiary/aromatic N) is 2.